The van der Waals surface area contributed by atoms with E-state index >= 15 is 0 Å². The van der Waals surface area contributed by atoms with Crippen molar-refractivity contribution in [1.82, 2.24) is 10.2 Å². The summed E-state index contributed by atoms with van der Waals surface area (Å²) in [5.41, 5.74) is 10.5. The Balaban J connectivity index is 1.75. The lowest BCUT2D eigenvalue weighted by Gasteiger charge is -2.30. The van der Waals surface area contributed by atoms with Crippen LogP contribution in [0, 0.1) is 6.92 Å². The average molecular weight is 319 g/mol. The molecule has 0 spiro atoms. The normalized spacial score (nSPS) is 15.1. The number of hydrogen-bond acceptors (Lipinski definition) is 4. The van der Waals surface area contributed by atoms with Crippen LogP contribution in [-0.4, -0.2) is 36.2 Å². The van der Waals surface area contributed by atoms with Gasteiger partial charge in [0.25, 0.3) is 0 Å². The molecule has 5 heteroatoms. The molecule has 1 aromatic rings. The maximum Gasteiger partial charge on any atom is 0.407 e. The fourth-order valence-electron chi connectivity index (χ4n) is 2.96. The first-order chi connectivity index (χ1) is 10.7. The van der Waals surface area contributed by atoms with Crippen LogP contribution in [-0.2, 0) is 17.7 Å². The first kappa shape index (κ1) is 17.6. The van der Waals surface area contributed by atoms with E-state index in [4.69, 9.17) is 10.5 Å². The molecule has 0 radical (unpaired) electrons. The predicted octanol–water partition coefficient (Wildman–Crippen LogP) is 2.85. The molecular weight excluding hydrogens is 290 g/mol. The van der Waals surface area contributed by atoms with Crippen LogP contribution in [0.5, 0.6) is 0 Å². The van der Waals surface area contributed by atoms with Gasteiger partial charge in [0.2, 0.25) is 0 Å². The molecule has 1 amide bonds. The van der Waals surface area contributed by atoms with Crippen LogP contribution in [0.4, 0.5) is 10.5 Å². The monoisotopic (exact) mass is 319 g/mol. The van der Waals surface area contributed by atoms with Gasteiger partial charge in [-0.3, -0.25) is 4.90 Å². The number of carbonyl (C=O) groups excluding carboxylic acids is 1. The topological polar surface area (TPSA) is 67.6 Å². The summed E-state index contributed by atoms with van der Waals surface area (Å²) >= 11 is 0. The summed E-state index contributed by atoms with van der Waals surface area (Å²) in [6.45, 7) is 11.2. The van der Waals surface area contributed by atoms with Crippen molar-refractivity contribution < 1.29 is 9.53 Å². The number of carbonyl (C=O) groups is 1. The van der Waals surface area contributed by atoms with Crippen LogP contribution < -0.4 is 11.1 Å². The minimum Gasteiger partial charge on any atom is -0.444 e. The van der Waals surface area contributed by atoms with E-state index in [9.17, 15) is 4.79 Å². The van der Waals surface area contributed by atoms with Gasteiger partial charge in [-0.2, -0.15) is 0 Å². The number of anilines is 1. The van der Waals surface area contributed by atoms with Crippen molar-refractivity contribution in [3.05, 3.63) is 28.8 Å². The number of rotatable bonds is 4. The molecule has 0 fully saturated rings. The number of nitrogen functional groups attached to an aromatic ring is 1. The van der Waals surface area contributed by atoms with E-state index in [0.29, 0.717) is 6.54 Å². The Hall–Kier alpha value is -1.75. The van der Waals surface area contributed by atoms with Crippen molar-refractivity contribution >= 4 is 11.8 Å². The highest BCUT2D eigenvalue weighted by atomic mass is 16.6. The van der Waals surface area contributed by atoms with E-state index in [2.05, 4.69) is 29.3 Å². The molecule has 128 valence electrons. The summed E-state index contributed by atoms with van der Waals surface area (Å²) < 4.78 is 5.23. The number of nitrogens with one attached hydrogen (secondary N) is 1. The molecule has 0 saturated heterocycles. The van der Waals surface area contributed by atoms with E-state index in [1.807, 2.05) is 20.8 Å². The van der Waals surface area contributed by atoms with Gasteiger partial charge in [0.05, 0.1) is 0 Å². The van der Waals surface area contributed by atoms with Gasteiger partial charge in [-0.05, 0) is 63.3 Å². The van der Waals surface area contributed by atoms with Gasteiger partial charge in [0, 0.05) is 31.9 Å². The summed E-state index contributed by atoms with van der Waals surface area (Å²) in [5, 5.41) is 2.81. The lowest BCUT2D eigenvalue weighted by molar-refractivity contribution is 0.0525. The Morgan fingerprint density at radius 3 is 2.83 bits per heavy atom. The van der Waals surface area contributed by atoms with Crippen LogP contribution >= 0.6 is 0 Å². The molecule has 2 rings (SSSR count). The number of nitrogens with zero attached hydrogens (tertiary/aromatic N) is 1. The zero-order chi connectivity index (χ0) is 17.0. The molecular formula is C18H29N3O2. The van der Waals surface area contributed by atoms with Crippen LogP contribution in [0.15, 0.2) is 12.1 Å². The maximum atomic E-state index is 11.6. The molecule has 1 heterocycles. The summed E-state index contributed by atoms with van der Waals surface area (Å²) in [4.78, 5) is 14.0. The summed E-state index contributed by atoms with van der Waals surface area (Å²) in [7, 11) is 0. The van der Waals surface area contributed by atoms with Crippen molar-refractivity contribution in [2.24, 2.45) is 0 Å². The fourth-order valence-corrected chi connectivity index (χ4v) is 2.96. The molecule has 0 unspecified atom stereocenters. The fraction of sp³-hybridized carbons (Fsp3) is 0.611. The van der Waals surface area contributed by atoms with Crippen LogP contribution in [0.2, 0.25) is 0 Å². The highest BCUT2D eigenvalue weighted by molar-refractivity contribution is 5.67. The van der Waals surface area contributed by atoms with Gasteiger partial charge in [-0.25, -0.2) is 4.79 Å². The van der Waals surface area contributed by atoms with E-state index in [1.54, 1.807) is 0 Å². The number of fused-ring (bicyclic) bond motifs is 1. The number of benzene rings is 1. The van der Waals surface area contributed by atoms with Gasteiger partial charge < -0.3 is 15.8 Å². The standard InChI is InChI=1S/C18H29N3O2/c1-13-10-14-12-21(9-6-15(14)16(19)11-13)8-5-7-20-17(22)23-18(2,3)4/h10-11H,5-9,12,19H2,1-4H3,(H,20,22). The number of ether oxygens (including phenoxy) is 1. The van der Waals surface area contributed by atoms with Crippen molar-refractivity contribution in [2.45, 2.75) is 52.7 Å². The highest BCUT2D eigenvalue weighted by Gasteiger charge is 2.19. The van der Waals surface area contributed by atoms with E-state index in [-0.39, 0.29) is 6.09 Å². The molecule has 0 aromatic heterocycles. The highest BCUT2D eigenvalue weighted by Crippen LogP contribution is 2.25. The number of hydrogen-bond donors (Lipinski definition) is 2. The van der Waals surface area contributed by atoms with Gasteiger partial charge in [0.15, 0.2) is 0 Å². The van der Waals surface area contributed by atoms with E-state index in [0.717, 1.165) is 38.2 Å². The summed E-state index contributed by atoms with van der Waals surface area (Å²) in [6.07, 6.45) is 1.57. The molecule has 3 N–H and O–H groups in total. The smallest absolute Gasteiger partial charge is 0.407 e. The molecule has 0 aliphatic carbocycles. The lowest BCUT2D eigenvalue weighted by Crippen LogP contribution is -2.36. The maximum absolute atomic E-state index is 11.6. The third-order valence-electron chi connectivity index (χ3n) is 3.91. The van der Waals surface area contributed by atoms with Crippen molar-refractivity contribution in [1.29, 1.82) is 0 Å². The summed E-state index contributed by atoms with van der Waals surface area (Å²) in [5.74, 6) is 0. The zero-order valence-electron chi connectivity index (χ0n) is 14.7. The number of alkyl carbamates (subject to hydrolysis) is 1. The molecule has 5 nitrogen and oxygen atoms in total. The van der Waals surface area contributed by atoms with Gasteiger partial charge in [-0.15, -0.1) is 0 Å². The van der Waals surface area contributed by atoms with E-state index in [1.165, 1.54) is 16.7 Å². The van der Waals surface area contributed by atoms with Crippen molar-refractivity contribution in [2.75, 3.05) is 25.4 Å². The molecule has 0 saturated carbocycles. The quantitative estimate of drug-likeness (QED) is 0.661. The Morgan fingerprint density at radius 2 is 2.13 bits per heavy atom. The molecule has 0 bridgehead atoms. The number of aryl methyl sites for hydroxylation is 1. The van der Waals surface area contributed by atoms with E-state index < -0.39 is 5.60 Å². The Labute approximate surface area is 139 Å². The zero-order valence-corrected chi connectivity index (χ0v) is 14.7. The first-order valence-electron chi connectivity index (χ1n) is 8.32. The molecule has 23 heavy (non-hydrogen) atoms. The molecule has 1 aliphatic heterocycles. The summed E-state index contributed by atoms with van der Waals surface area (Å²) in [6, 6.07) is 4.29. The Kier molecular flexibility index (Phi) is 5.52. The third-order valence-corrected chi connectivity index (χ3v) is 3.91. The van der Waals surface area contributed by atoms with Crippen molar-refractivity contribution in [3.63, 3.8) is 0 Å². The molecule has 1 aliphatic rings. The Bertz CT molecular complexity index is 564. The van der Waals surface area contributed by atoms with Crippen LogP contribution in [0.25, 0.3) is 0 Å². The number of amides is 1. The Morgan fingerprint density at radius 1 is 1.39 bits per heavy atom. The van der Waals surface area contributed by atoms with Gasteiger partial charge in [0.1, 0.15) is 5.60 Å². The molecule has 0 atom stereocenters. The first-order valence-corrected chi connectivity index (χ1v) is 8.32. The second kappa shape index (κ2) is 7.21. The average Bonchev–Trinajstić information content (AvgIpc) is 2.41. The second-order valence-corrected chi connectivity index (χ2v) is 7.30. The second-order valence-electron chi connectivity index (χ2n) is 7.30. The largest absolute Gasteiger partial charge is 0.444 e. The van der Waals surface area contributed by atoms with Crippen LogP contribution in [0.1, 0.15) is 43.9 Å². The minimum atomic E-state index is -0.446. The van der Waals surface area contributed by atoms with Crippen LogP contribution in [0.3, 0.4) is 0 Å². The SMILES string of the molecule is Cc1cc(N)c2c(c1)CN(CCCNC(=O)OC(C)(C)C)CC2. The number of nitrogens with two attached hydrogens (primary N) is 1. The van der Waals surface area contributed by atoms with Crippen molar-refractivity contribution in [3.8, 4) is 0 Å². The van der Waals surface area contributed by atoms with Gasteiger partial charge >= 0.3 is 6.09 Å². The lowest BCUT2D eigenvalue weighted by atomic mass is 9.96. The molecule has 1 aromatic carbocycles. The third kappa shape index (κ3) is 5.43. The minimum absolute atomic E-state index is 0.343. The van der Waals surface area contributed by atoms with Gasteiger partial charge in [-0.1, -0.05) is 6.07 Å². The predicted molar refractivity (Wildman–Crippen MR) is 93.4 cm³/mol.